The van der Waals surface area contributed by atoms with Gasteiger partial charge < -0.3 is 14.5 Å². The minimum Gasteiger partial charge on any atom is -0.465 e. The molecule has 0 fully saturated rings. The smallest absolute Gasteiger partial charge is 0.416 e. The molecule has 0 radical (unpaired) electrons. The van der Waals surface area contributed by atoms with E-state index < -0.39 is 45.6 Å². The Kier molecular flexibility index (Phi) is 8.01. The van der Waals surface area contributed by atoms with Gasteiger partial charge in [-0.2, -0.15) is 13.2 Å². The van der Waals surface area contributed by atoms with Gasteiger partial charge in [0.15, 0.2) is 6.10 Å². The molecule has 1 heterocycles. The molecule has 0 saturated carbocycles. The van der Waals surface area contributed by atoms with Gasteiger partial charge in [-0.1, -0.05) is 6.07 Å². The van der Waals surface area contributed by atoms with Crippen LogP contribution >= 0.6 is 0 Å². The molecule has 0 bridgehead atoms. The Morgan fingerprint density at radius 1 is 1.00 bits per heavy atom. The number of hydrogen-bond donors (Lipinski definition) is 2. The van der Waals surface area contributed by atoms with Gasteiger partial charge in [-0.15, -0.1) is 0 Å². The Balaban J connectivity index is 1.72. The summed E-state index contributed by atoms with van der Waals surface area (Å²) in [6.07, 6.45) is -5.90. The molecular weight excluding hydrogens is 529 g/mol. The molecule has 2 N–H and O–H groups in total. The second-order valence-electron chi connectivity index (χ2n) is 8.24. The average Bonchev–Trinajstić information content (AvgIpc) is 3.16. The third-order valence-corrected chi connectivity index (χ3v) is 6.97. The first kappa shape index (κ1) is 28.4. The molecule has 9 nitrogen and oxygen atoms in total. The maximum absolute atomic E-state index is 12.9. The minimum absolute atomic E-state index is 0.0719. The maximum atomic E-state index is 12.9. The summed E-state index contributed by atoms with van der Waals surface area (Å²) in [5, 5.41) is 0. The molecule has 1 aromatic heterocycles. The number of sulfonamides is 1. The predicted molar refractivity (Wildman–Crippen MR) is 130 cm³/mol. The van der Waals surface area contributed by atoms with Gasteiger partial charge in [0.1, 0.15) is 0 Å². The number of benzene rings is 2. The van der Waals surface area contributed by atoms with Gasteiger partial charge in [0, 0.05) is 11.4 Å². The number of alkyl halides is 3. The lowest BCUT2D eigenvalue weighted by molar-refractivity contribution is -0.137. The van der Waals surface area contributed by atoms with Crippen molar-refractivity contribution >= 4 is 33.4 Å². The van der Waals surface area contributed by atoms with Crippen molar-refractivity contribution < 1.29 is 45.4 Å². The highest BCUT2D eigenvalue weighted by Crippen LogP contribution is 2.31. The number of rotatable bonds is 8. The van der Waals surface area contributed by atoms with Crippen molar-refractivity contribution in [3.05, 3.63) is 82.2 Å². The zero-order chi connectivity index (χ0) is 28.4. The van der Waals surface area contributed by atoms with E-state index in [9.17, 15) is 36.0 Å². The fourth-order valence-electron chi connectivity index (χ4n) is 3.63. The number of hydrogen-bond acceptors (Lipinski definition) is 7. The van der Waals surface area contributed by atoms with Crippen LogP contribution in [0.3, 0.4) is 0 Å². The van der Waals surface area contributed by atoms with Crippen LogP contribution in [0.4, 0.5) is 18.9 Å². The Morgan fingerprint density at radius 3 is 2.21 bits per heavy atom. The van der Waals surface area contributed by atoms with Crippen LogP contribution < -0.4 is 4.72 Å². The van der Waals surface area contributed by atoms with Gasteiger partial charge in [0.2, 0.25) is 5.78 Å². The highest BCUT2D eigenvalue weighted by molar-refractivity contribution is 7.92. The van der Waals surface area contributed by atoms with Crippen LogP contribution in [0.1, 0.15) is 54.9 Å². The van der Waals surface area contributed by atoms with Crippen LogP contribution in [0.2, 0.25) is 0 Å². The lowest BCUT2D eigenvalue weighted by atomic mass is 10.1. The summed E-state index contributed by atoms with van der Waals surface area (Å²) in [5.41, 5.74) is -0.365. The van der Waals surface area contributed by atoms with Gasteiger partial charge in [-0.3, -0.25) is 9.52 Å². The zero-order valence-electron chi connectivity index (χ0n) is 20.6. The number of aryl methyl sites for hydroxylation is 1. The largest absolute Gasteiger partial charge is 0.465 e. The average molecular weight is 553 g/mol. The normalized spacial score (nSPS) is 12.5. The number of carbonyl (C=O) groups excluding carboxylic acids is 3. The van der Waals surface area contributed by atoms with Gasteiger partial charge in [-0.25, -0.2) is 18.0 Å². The Hall–Kier alpha value is -4.13. The predicted octanol–water partition coefficient (Wildman–Crippen LogP) is 4.67. The highest BCUT2D eigenvalue weighted by atomic mass is 32.2. The van der Waals surface area contributed by atoms with Crippen LogP contribution in [0.15, 0.2) is 53.4 Å². The van der Waals surface area contributed by atoms with Crippen molar-refractivity contribution in [3.8, 4) is 0 Å². The molecule has 0 aliphatic rings. The van der Waals surface area contributed by atoms with E-state index in [4.69, 9.17) is 9.47 Å². The number of ketones is 1. The number of nitrogens with one attached hydrogen (secondary N) is 2. The van der Waals surface area contributed by atoms with Crippen molar-refractivity contribution in [1.82, 2.24) is 4.98 Å². The summed E-state index contributed by atoms with van der Waals surface area (Å²) in [5.74, 6) is -2.15. The molecule has 1 atom stereocenters. The fourth-order valence-corrected chi connectivity index (χ4v) is 4.68. The first-order valence-corrected chi connectivity index (χ1v) is 12.5. The Labute approximate surface area is 216 Å². The number of aromatic amines is 1. The molecule has 0 aliphatic carbocycles. The number of halogens is 3. The molecule has 0 saturated heterocycles. The first-order chi connectivity index (χ1) is 17.7. The summed E-state index contributed by atoms with van der Waals surface area (Å²) < 4.78 is 75.9. The Morgan fingerprint density at radius 2 is 1.63 bits per heavy atom. The SMILES string of the molecule is COC(=O)c1c(C)[nH]c(C(=O)[C@@H](C)OC(=O)c2ccc(S(=O)(=O)Nc3cccc(C(F)(F)F)c3)cc2)c1C. The second kappa shape index (κ2) is 10.7. The van der Waals surface area contributed by atoms with E-state index in [0.29, 0.717) is 17.3 Å². The molecule has 3 aromatic rings. The van der Waals surface area contributed by atoms with E-state index in [1.807, 2.05) is 0 Å². The third kappa shape index (κ3) is 6.05. The van der Waals surface area contributed by atoms with Crippen molar-refractivity contribution in [3.63, 3.8) is 0 Å². The molecule has 3 rings (SSSR count). The van der Waals surface area contributed by atoms with E-state index in [1.165, 1.54) is 20.1 Å². The summed E-state index contributed by atoms with van der Waals surface area (Å²) in [6.45, 7) is 4.47. The fraction of sp³-hybridized carbons (Fsp3) is 0.240. The third-order valence-electron chi connectivity index (χ3n) is 5.57. The molecule has 0 unspecified atom stereocenters. The van der Waals surface area contributed by atoms with Crippen LogP contribution in [-0.2, 0) is 25.7 Å². The van der Waals surface area contributed by atoms with Crippen molar-refractivity contribution in [2.75, 3.05) is 11.8 Å². The van der Waals surface area contributed by atoms with Crippen molar-refractivity contribution in [2.45, 2.75) is 37.9 Å². The topological polar surface area (TPSA) is 132 Å². The zero-order valence-corrected chi connectivity index (χ0v) is 21.4. The van der Waals surface area contributed by atoms with Crippen LogP contribution in [0.25, 0.3) is 0 Å². The highest BCUT2D eigenvalue weighted by Gasteiger charge is 2.31. The summed E-state index contributed by atoms with van der Waals surface area (Å²) in [7, 11) is -3.07. The van der Waals surface area contributed by atoms with Crippen LogP contribution in [0, 0.1) is 13.8 Å². The quantitative estimate of drug-likeness (QED) is 0.307. The first-order valence-electron chi connectivity index (χ1n) is 11.0. The molecule has 2 aromatic carbocycles. The number of ether oxygens (including phenoxy) is 2. The lowest BCUT2D eigenvalue weighted by Crippen LogP contribution is -2.25. The van der Waals surface area contributed by atoms with E-state index in [0.717, 1.165) is 36.4 Å². The molecule has 0 aliphatic heterocycles. The maximum Gasteiger partial charge on any atom is 0.416 e. The molecule has 13 heteroatoms. The number of H-pyrrole nitrogens is 1. The van der Waals surface area contributed by atoms with E-state index in [2.05, 4.69) is 9.71 Å². The molecule has 38 heavy (non-hydrogen) atoms. The second-order valence-corrected chi connectivity index (χ2v) is 9.92. The van der Waals surface area contributed by atoms with Crippen molar-refractivity contribution in [1.29, 1.82) is 0 Å². The molecule has 202 valence electrons. The van der Waals surface area contributed by atoms with Crippen LogP contribution in [0.5, 0.6) is 0 Å². The van der Waals surface area contributed by atoms with Crippen LogP contribution in [-0.4, -0.2) is 44.3 Å². The minimum atomic E-state index is -4.65. The summed E-state index contributed by atoms with van der Waals surface area (Å²) in [6, 6.07) is 8.11. The van der Waals surface area contributed by atoms with Gasteiger partial charge in [0.05, 0.1) is 34.4 Å². The number of aromatic nitrogens is 1. The number of esters is 2. The number of anilines is 1. The van der Waals surface area contributed by atoms with Crippen molar-refractivity contribution in [2.24, 2.45) is 0 Å². The van der Waals surface area contributed by atoms with Gasteiger partial charge in [0.25, 0.3) is 10.0 Å². The summed E-state index contributed by atoms with van der Waals surface area (Å²) >= 11 is 0. The van der Waals surface area contributed by atoms with E-state index in [1.54, 1.807) is 13.8 Å². The number of carbonyl (C=O) groups is 3. The van der Waals surface area contributed by atoms with Gasteiger partial charge in [-0.05, 0) is 68.8 Å². The van der Waals surface area contributed by atoms with E-state index >= 15 is 0 Å². The monoisotopic (exact) mass is 552 g/mol. The number of methoxy groups -OCH3 is 1. The molecule has 0 spiro atoms. The van der Waals surface area contributed by atoms with Gasteiger partial charge >= 0.3 is 18.1 Å². The standard InChI is InChI=1S/C25H23F3N2O7S/c1-13-20(24(33)36-4)14(2)29-21(13)22(31)15(3)37-23(32)16-8-10-19(11-9-16)38(34,35)30-18-7-5-6-17(12-18)25(26,27)28/h5-12,15,29-30H,1-4H3/t15-/m1/s1. The summed E-state index contributed by atoms with van der Waals surface area (Å²) in [4.78, 5) is 39.8. The molecule has 0 amide bonds. The molecular formula is C25H23F3N2O7S. The lowest BCUT2D eigenvalue weighted by Gasteiger charge is -2.13. The van der Waals surface area contributed by atoms with E-state index in [-0.39, 0.29) is 27.4 Å². The Bertz CT molecular complexity index is 1490. The number of Topliss-reactive ketones (excluding diaryl/α,β-unsaturated/α-hetero) is 1.